The second-order valence-corrected chi connectivity index (χ2v) is 5.32. The van der Waals surface area contributed by atoms with Crippen LogP contribution in [0, 0.1) is 5.92 Å². The zero-order chi connectivity index (χ0) is 12.1. The lowest BCUT2D eigenvalue weighted by Crippen LogP contribution is -2.47. The van der Waals surface area contributed by atoms with E-state index in [1.165, 1.54) is 6.42 Å². The molecule has 0 fully saturated rings. The normalized spacial score (nSPS) is 20.0. The molecule has 0 rings (SSSR count). The van der Waals surface area contributed by atoms with Crippen molar-refractivity contribution >= 4 is 0 Å². The molecule has 3 atom stereocenters. The van der Waals surface area contributed by atoms with Gasteiger partial charge in [-0.3, -0.25) is 0 Å². The molecule has 0 bridgehead atoms. The number of aliphatic hydroxyl groups is 1. The van der Waals surface area contributed by atoms with Gasteiger partial charge in [-0.1, -0.05) is 20.3 Å². The summed E-state index contributed by atoms with van der Waals surface area (Å²) < 4.78 is 0. The van der Waals surface area contributed by atoms with E-state index >= 15 is 0 Å². The van der Waals surface area contributed by atoms with Crippen LogP contribution in [-0.4, -0.2) is 41.8 Å². The summed E-state index contributed by atoms with van der Waals surface area (Å²) in [5, 5.41) is 9.11. The molecule has 92 valence electrons. The first-order valence-electron chi connectivity index (χ1n) is 5.92. The summed E-state index contributed by atoms with van der Waals surface area (Å²) in [6.45, 7) is 9.69. The van der Waals surface area contributed by atoms with Crippen molar-refractivity contribution in [2.45, 2.75) is 52.1 Å². The highest BCUT2D eigenvalue weighted by atomic mass is 16.3. The topological polar surface area (TPSA) is 49.5 Å². The van der Waals surface area contributed by atoms with Crippen molar-refractivity contribution in [1.82, 2.24) is 4.90 Å². The fourth-order valence-corrected chi connectivity index (χ4v) is 1.70. The van der Waals surface area contributed by atoms with Gasteiger partial charge in [0.05, 0.1) is 6.61 Å². The summed E-state index contributed by atoms with van der Waals surface area (Å²) >= 11 is 0. The molecule has 0 aliphatic rings. The molecule has 0 aliphatic carbocycles. The van der Waals surface area contributed by atoms with Crippen LogP contribution in [0.25, 0.3) is 0 Å². The molecule has 0 saturated carbocycles. The summed E-state index contributed by atoms with van der Waals surface area (Å²) in [6, 6.07) is 0.418. The van der Waals surface area contributed by atoms with E-state index in [4.69, 9.17) is 10.8 Å². The fourth-order valence-electron chi connectivity index (χ4n) is 1.70. The summed E-state index contributed by atoms with van der Waals surface area (Å²) in [4.78, 5) is 2.33. The maximum absolute atomic E-state index is 9.11. The van der Waals surface area contributed by atoms with E-state index in [0.717, 1.165) is 18.9 Å². The van der Waals surface area contributed by atoms with Crippen LogP contribution in [-0.2, 0) is 0 Å². The van der Waals surface area contributed by atoms with Gasteiger partial charge in [0.15, 0.2) is 0 Å². The molecule has 0 spiro atoms. The molecule has 3 unspecified atom stereocenters. The highest BCUT2D eigenvalue weighted by Crippen LogP contribution is 2.14. The average molecular weight is 216 g/mol. The molecule has 0 aromatic heterocycles. The van der Waals surface area contributed by atoms with Gasteiger partial charge in [-0.15, -0.1) is 0 Å². The third-order valence-corrected chi connectivity index (χ3v) is 3.17. The van der Waals surface area contributed by atoms with Crippen molar-refractivity contribution in [2.75, 3.05) is 20.2 Å². The molecule has 0 aliphatic heterocycles. The number of nitrogens with zero attached hydrogens (tertiary/aromatic N) is 1. The van der Waals surface area contributed by atoms with E-state index in [2.05, 4.69) is 32.7 Å². The minimum absolute atomic E-state index is 0.0501. The second-order valence-electron chi connectivity index (χ2n) is 5.32. The van der Waals surface area contributed by atoms with E-state index in [1.807, 2.05) is 6.92 Å². The van der Waals surface area contributed by atoms with Crippen molar-refractivity contribution < 1.29 is 5.11 Å². The molecule has 3 heteroatoms. The van der Waals surface area contributed by atoms with Gasteiger partial charge in [0.25, 0.3) is 0 Å². The van der Waals surface area contributed by atoms with E-state index in [1.54, 1.807) is 0 Å². The smallest absolute Gasteiger partial charge is 0.0609 e. The Kier molecular flexibility index (Phi) is 6.41. The molecule has 0 aromatic carbocycles. The molecular weight excluding hydrogens is 188 g/mol. The van der Waals surface area contributed by atoms with Crippen LogP contribution < -0.4 is 5.73 Å². The minimum atomic E-state index is -0.455. The van der Waals surface area contributed by atoms with Gasteiger partial charge in [-0.2, -0.15) is 0 Å². The molecule has 0 radical (unpaired) electrons. The largest absolute Gasteiger partial charge is 0.394 e. The van der Waals surface area contributed by atoms with Crippen LogP contribution in [0.2, 0.25) is 0 Å². The lowest BCUT2D eigenvalue weighted by atomic mass is 9.95. The van der Waals surface area contributed by atoms with Gasteiger partial charge >= 0.3 is 0 Å². The van der Waals surface area contributed by atoms with Crippen molar-refractivity contribution in [3.63, 3.8) is 0 Å². The number of hydrogen-bond donors (Lipinski definition) is 2. The van der Waals surface area contributed by atoms with Gasteiger partial charge in [0.1, 0.15) is 0 Å². The predicted molar refractivity (Wildman–Crippen MR) is 65.8 cm³/mol. The first-order valence-corrected chi connectivity index (χ1v) is 5.92. The molecule has 0 heterocycles. The summed E-state index contributed by atoms with van der Waals surface area (Å²) in [5.74, 6) is 0.718. The number of rotatable bonds is 7. The molecular formula is C12H28N2O. The zero-order valence-corrected chi connectivity index (χ0v) is 11.0. The Bertz CT molecular complexity index is 171. The van der Waals surface area contributed by atoms with Crippen LogP contribution in [0.1, 0.15) is 40.5 Å². The Hall–Kier alpha value is -0.120. The van der Waals surface area contributed by atoms with Gasteiger partial charge in [0.2, 0.25) is 0 Å². The van der Waals surface area contributed by atoms with Crippen LogP contribution in [0.5, 0.6) is 0 Å². The van der Waals surface area contributed by atoms with Crippen molar-refractivity contribution in [3.05, 3.63) is 0 Å². The standard InChI is InChI=1S/C12H28N2O/c1-6-10(2)8-14(5)11(3)7-12(4,13)9-15/h10-11,15H,6-9,13H2,1-5H3. The van der Waals surface area contributed by atoms with Gasteiger partial charge in [0, 0.05) is 18.1 Å². The van der Waals surface area contributed by atoms with Crippen molar-refractivity contribution in [2.24, 2.45) is 11.7 Å². The Morgan fingerprint density at radius 3 is 2.33 bits per heavy atom. The van der Waals surface area contributed by atoms with Crippen LogP contribution in [0.4, 0.5) is 0 Å². The van der Waals surface area contributed by atoms with E-state index in [9.17, 15) is 0 Å². The number of aliphatic hydroxyl groups excluding tert-OH is 1. The lowest BCUT2D eigenvalue weighted by molar-refractivity contribution is 0.144. The Morgan fingerprint density at radius 2 is 1.93 bits per heavy atom. The molecule has 0 aromatic rings. The van der Waals surface area contributed by atoms with E-state index in [-0.39, 0.29) is 6.61 Å². The zero-order valence-electron chi connectivity index (χ0n) is 11.0. The maximum Gasteiger partial charge on any atom is 0.0609 e. The second kappa shape index (κ2) is 6.46. The number of hydrogen-bond acceptors (Lipinski definition) is 3. The molecule has 0 saturated heterocycles. The Balaban J connectivity index is 4.03. The average Bonchev–Trinajstić information content (AvgIpc) is 2.16. The molecule has 0 amide bonds. The van der Waals surface area contributed by atoms with Gasteiger partial charge in [-0.25, -0.2) is 0 Å². The predicted octanol–water partition coefficient (Wildman–Crippen LogP) is 1.45. The van der Waals surface area contributed by atoms with Crippen molar-refractivity contribution in [3.8, 4) is 0 Å². The monoisotopic (exact) mass is 216 g/mol. The summed E-state index contributed by atoms with van der Waals surface area (Å²) in [5.41, 5.74) is 5.49. The summed E-state index contributed by atoms with van der Waals surface area (Å²) in [7, 11) is 2.13. The third kappa shape index (κ3) is 6.13. The maximum atomic E-state index is 9.11. The third-order valence-electron chi connectivity index (χ3n) is 3.17. The lowest BCUT2D eigenvalue weighted by Gasteiger charge is -2.32. The molecule has 3 N–H and O–H groups in total. The fraction of sp³-hybridized carbons (Fsp3) is 1.00. The van der Waals surface area contributed by atoms with E-state index in [0.29, 0.717) is 6.04 Å². The van der Waals surface area contributed by atoms with Gasteiger partial charge < -0.3 is 15.7 Å². The first-order chi connectivity index (χ1) is 6.82. The minimum Gasteiger partial charge on any atom is -0.394 e. The Morgan fingerprint density at radius 1 is 1.40 bits per heavy atom. The van der Waals surface area contributed by atoms with Gasteiger partial charge in [-0.05, 0) is 33.2 Å². The van der Waals surface area contributed by atoms with Crippen molar-refractivity contribution in [1.29, 1.82) is 0 Å². The highest BCUT2D eigenvalue weighted by Gasteiger charge is 2.23. The van der Waals surface area contributed by atoms with Crippen LogP contribution in [0.15, 0.2) is 0 Å². The van der Waals surface area contributed by atoms with Crippen LogP contribution >= 0.6 is 0 Å². The van der Waals surface area contributed by atoms with Crippen LogP contribution in [0.3, 0.4) is 0 Å². The van der Waals surface area contributed by atoms with E-state index < -0.39 is 5.54 Å². The quantitative estimate of drug-likeness (QED) is 0.677. The molecule has 15 heavy (non-hydrogen) atoms. The SMILES string of the molecule is CCC(C)CN(C)C(C)CC(C)(N)CO. The molecule has 3 nitrogen and oxygen atoms in total. The summed E-state index contributed by atoms with van der Waals surface area (Å²) in [6.07, 6.45) is 2.04. The number of nitrogens with two attached hydrogens (primary N) is 1. The highest BCUT2D eigenvalue weighted by molar-refractivity contribution is 4.83. The Labute approximate surface area is 94.6 Å². The first kappa shape index (κ1) is 14.9.